The third-order valence-electron chi connectivity index (χ3n) is 2.41. The van der Waals surface area contributed by atoms with Gasteiger partial charge in [0.25, 0.3) is 0 Å². The molecule has 0 aromatic carbocycles. The highest BCUT2D eigenvalue weighted by Gasteiger charge is 2.18. The van der Waals surface area contributed by atoms with Gasteiger partial charge in [0, 0.05) is 38.8 Å². The third kappa shape index (κ3) is 4.07. The molecule has 1 unspecified atom stereocenters. The van der Waals surface area contributed by atoms with Gasteiger partial charge in [-0.3, -0.25) is 0 Å². The molecule has 1 fully saturated rings. The first kappa shape index (κ1) is 11.0. The number of rotatable bonds is 4. The first-order valence-corrected chi connectivity index (χ1v) is 5.32. The molecule has 1 atom stereocenters. The highest BCUT2D eigenvalue weighted by molar-refractivity contribution is 4.79. The van der Waals surface area contributed by atoms with Crippen molar-refractivity contribution in [3.8, 4) is 0 Å². The van der Waals surface area contributed by atoms with E-state index in [0.29, 0.717) is 6.04 Å². The zero-order chi connectivity index (χ0) is 9.68. The predicted octanol–water partition coefficient (Wildman–Crippen LogP) is 0.136. The van der Waals surface area contributed by atoms with Crippen LogP contribution in [0.2, 0.25) is 0 Å². The summed E-state index contributed by atoms with van der Waals surface area (Å²) in [7, 11) is 2.02. The van der Waals surface area contributed by atoms with Crippen molar-refractivity contribution in [1.82, 2.24) is 15.5 Å². The summed E-state index contributed by atoms with van der Waals surface area (Å²) in [6, 6.07) is 0.637. The maximum atomic E-state index is 3.52. The van der Waals surface area contributed by atoms with Crippen LogP contribution in [0.4, 0.5) is 0 Å². The second-order valence-electron chi connectivity index (χ2n) is 4.36. The number of likely N-dealkylation sites (N-methyl/N-ethyl adjacent to an activating group) is 1. The van der Waals surface area contributed by atoms with E-state index in [1.54, 1.807) is 0 Å². The first-order valence-electron chi connectivity index (χ1n) is 5.32. The minimum Gasteiger partial charge on any atom is -0.318 e. The Hall–Kier alpha value is -0.120. The van der Waals surface area contributed by atoms with E-state index < -0.39 is 0 Å². The molecular weight excluding hydrogens is 162 g/mol. The molecule has 1 aliphatic heterocycles. The Kier molecular flexibility index (Phi) is 4.70. The van der Waals surface area contributed by atoms with E-state index in [1.165, 1.54) is 19.6 Å². The largest absolute Gasteiger partial charge is 0.318 e. The third-order valence-corrected chi connectivity index (χ3v) is 2.41. The van der Waals surface area contributed by atoms with Crippen molar-refractivity contribution >= 4 is 0 Å². The van der Waals surface area contributed by atoms with Crippen LogP contribution in [0.15, 0.2) is 0 Å². The van der Waals surface area contributed by atoms with Gasteiger partial charge in [0.15, 0.2) is 0 Å². The molecule has 1 saturated heterocycles. The maximum Gasteiger partial charge on any atom is 0.0320 e. The van der Waals surface area contributed by atoms with E-state index >= 15 is 0 Å². The molecule has 1 aliphatic rings. The minimum atomic E-state index is 0.637. The van der Waals surface area contributed by atoms with Gasteiger partial charge in [0.1, 0.15) is 0 Å². The predicted molar refractivity (Wildman–Crippen MR) is 57.0 cm³/mol. The lowest BCUT2D eigenvalue weighted by molar-refractivity contribution is 0.180. The molecule has 0 radical (unpaired) electrons. The quantitative estimate of drug-likeness (QED) is 0.652. The Balaban J connectivity index is 2.24. The molecule has 0 aromatic rings. The fourth-order valence-corrected chi connectivity index (χ4v) is 1.96. The highest BCUT2D eigenvalue weighted by atomic mass is 15.2. The van der Waals surface area contributed by atoms with Crippen molar-refractivity contribution in [3.05, 3.63) is 0 Å². The summed E-state index contributed by atoms with van der Waals surface area (Å²) in [5, 5.41) is 6.74. The lowest BCUT2D eigenvalue weighted by Crippen LogP contribution is -2.54. The van der Waals surface area contributed by atoms with Gasteiger partial charge in [0.05, 0.1) is 0 Å². The van der Waals surface area contributed by atoms with Crippen molar-refractivity contribution in [2.45, 2.75) is 19.9 Å². The molecule has 1 rings (SSSR count). The fourth-order valence-electron chi connectivity index (χ4n) is 1.96. The van der Waals surface area contributed by atoms with Crippen LogP contribution >= 0.6 is 0 Å². The average Bonchev–Trinajstić information content (AvgIpc) is 2.04. The van der Waals surface area contributed by atoms with Gasteiger partial charge in [-0.05, 0) is 13.0 Å². The van der Waals surface area contributed by atoms with Gasteiger partial charge in [-0.25, -0.2) is 0 Å². The van der Waals surface area contributed by atoms with Crippen LogP contribution in [-0.4, -0.2) is 50.7 Å². The summed E-state index contributed by atoms with van der Waals surface area (Å²) in [6.07, 6.45) is 0. The van der Waals surface area contributed by atoms with E-state index in [9.17, 15) is 0 Å². The van der Waals surface area contributed by atoms with Crippen molar-refractivity contribution in [1.29, 1.82) is 0 Å². The van der Waals surface area contributed by atoms with Gasteiger partial charge < -0.3 is 15.5 Å². The van der Waals surface area contributed by atoms with Crippen molar-refractivity contribution < 1.29 is 0 Å². The Morgan fingerprint density at radius 1 is 1.54 bits per heavy atom. The summed E-state index contributed by atoms with van der Waals surface area (Å²) in [6.45, 7) is 10.4. The average molecular weight is 185 g/mol. The van der Waals surface area contributed by atoms with Gasteiger partial charge in [-0.2, -0.15) is 0 Å². The number of hydrogen-bond acceptors (Lipinski definition) is 3. The van der Waals surface area contributed by atoms with E-state index in [-0.39, 0.29) is 0 Å². The number of piperazine rings is 1. The first-order chi connectivity index (χ1) is 6.22. The smallest absolute Gasteiger partial charge is 0.0320 e. The molecule has 0 aromatic heterocycles. The summed E-state index contributed by atoms with van der Waals surface area (Å²) >= 11 is 0. The summed E-state index contributed by atoms with van der Waals surface area (Å²) < 4.78 is 0. The summed E-state index contributed by atoms with van der Waals surface area (Å²) in [5.74, 6) is 0.785. The Labute approximate surface area is 81.9 Å². The second kappa shape index (κ2) is 5.58. The molecule has 1 heterocycles. The molecule has 0 bridgehead atoms. The van der Waals surface area contributed by atoms with Crippen molar-refractivity contribution in [2.24, 2.45) is 5.92 Å². The van der Waals surface area contributed by atoms with Gasteiger partial charge in [-0.1, -0.05) is 13.8 Å². The number of hydrogen-bond donors (Lipinski definition) is 2. The van der Waals surface area contributed by atoms with Crippen LogP contribution in [-0.2, 0) is 0 Å². The van der Waals surface area contributed by atoms with Crippen molar-refractivity contribution in [2.75, 3.05) is 39.8 Å². The normalized spacial score (nSPS) is 25.4. The highest BCUT2D eigenvalue weighted by Crippen LogP contribution is 2.02. The topological polar surface area (TPSA) is 27.3 Å². The molecule has 0 aliphatic carbocycles. The number of nitrogens with zero attached hydrogens (tertiary/aromatic N) is 1. The Morgan fingerprint density at radius 2 is 2.31 bits per heavy atom. The summed E-state index contributed by atoms with van der Waals surface area (Å²) in [5.41, 5.74) is 0. The van der Waals surface area contributed by atoms with Gasteiger partial charge in [-0.15, -0.1) is 0 Å². The van der Waals surface area contributed by atoms with Crippen LogP contribution < -0.4 is 10.6 Å². The lowest BCUT2D eigenvalue weighted by Gasteiger charge is -2.34. The van der Waals surface area contributed by atoms with Crippen LogP contribution in [0, 0.1) is 5.92 Å². The molecule has 0 saturated carbocycles. The lowest BCUT2D eigenvalue weighted by atomic mass is 10.1. The molecule has 3 nitrogen and oxygen atoms in total. The Morgan fingerprint density at radius 3 is 2.92 bits per heavy atom. The molecule has 2 N–H and O–H groups in total. The number of nitrogens with one attached hydrogen (secondary N) is 2. The monoisotopic (exact) mass is 185 g/mol. The fraction of sp³-hybridized carbons (Fsp3) is 1.00. The maximum absolute atomic E-state index is 3.52. The van der Waals surface area contributed by atoms with Gasteiger partial charge >= 0.3 is 0 Å². The molecule has 3 heteroatoms. The SMILES string of the molecule is CNCC1CN(CC(C)C)CCN1. The zero-order valence-electron chi connectivity index (χ0n) is 9.14. The molecule has 0 amide bonds. The van der Waals surface area contributed by atoms with E-state index in [1.807, 2.05) is 7.05 Å². The molecule has 0 spiro atoms. The minimum absolute atomic E-state index is 0.637. The van der Waals surface area contributed by atoms with Gasteiger partial charge in [0.2, 0.25) is 0 Å². The van der Waals surface area contributed by atoms with Crippen LogP contribution in [0.5, 0.6) is 0 Å². The van der Waals surface area contributed by atoms with Crippen molar-refractivity contribution in [3.63, 3.8) is 0 Å². The molecule has 78 valence electrons. The van der Waals surface area contributed by atoms with Crippen LogP contribution in [0.25, 0.3) is 0 Å². The second-order valence-corrected chi connectivity index (χ2v) is 4.36. The Bertz CT molecular complexity index is 134. The van der Waals surface area contributed by atoms with E-state index in [0.717, 1.165) is 19.0 Å². The van der Waals surface area contributed by atoms with Crippen LogP contribution in [0.1, 0.15) is 13.8 Å². The van der Waals surface area contributed by atoms with E-state index in [4.69, 9.17) is 0 Å². The standard InChI is InChI=1S/C10H23N3/c1-9(2)7-13-5-4-12-10(8-13)6-11-3/h9-12H,4-8H2,1-3H3. The zero-order valence-corrected chi connectivity index (χ0v) is 9.14. The molecule has 13 heavy (non-hydrogen) atoms. The van der Waals surface area contributed by atoms with E-state index in [2.05, 4.69) is 29.4 Å². The molecular formula is C10H23N3. The summed E-state index contributed by atoms with van der Waals surface area (Å²) in [4.78, 5) is 2.56. The van der Waals surface area contributed by atoms with Crippen LogP contribution in [0.3, 0.4) is 0 Å².